The molecule has 66 heavy (non-hydrogen) atoms. The molecule has 1 aromatic rings. The second-order valence-electron chi connectivity index (χ2n) is 19.8. The number of anilines is 1. The van der Waals surface area contributed by atoms with Crippen LogP contribution in [0.1, 0.15) is 298 Å². The van der Waals surface area contributed by atoms with Crippen LogP contribution < -0.4 is 16.2 Å². The van der Waals surface area contributed by atoms with Crippen LogP contribution in [0.15, 0.2) is 20.9 Å². The fraction of sp³-hybridized carbons (Fsp3) is 0.881. The van der Waals surface area contributed by atoms with Gasteiger partial charge in [0.15, 0.2) is 0 Å². The van der Waals surface area contributed by atoms with Gasteiger partial charge in [0.25, 0.3) is 0 Å². The highest BCUT2D eigenvalue weighted by Gasteiger charge is 2.21. The monoisotopic (exact) mass is 927 g/mol. The van der Waals surface area contributed by atoms with E-state index in [0.29, 0.717) is 30.2 Å². The van der Waals surface area contributed by atoms with E-state index in [-0.39, 0.29) is 22.9 Å². The molecule has 7 nitrogen and oxygen atoms in total. The molecule has 2 rings (SSSR count). The molecular formula is C59H110N2O5. The molecule has 0 saturated heterocycles. The summed E-state index contributed by atoms with van der Waals surface area (Å²) < 4.78 is 12.8. The van der Waals surface area contributed by atoms with E-state index in [2.05, 4.69) is 37.9 Å². The maximum Gasteiger partial charge on any atom is 0.306 e. The zero-order valence-electron chi connectivity index (χ0n) is 45.0. The van der Waals surface area contributed by atoms with E-state index in [1.165, 1.54) is 192 Å². The lowest BCUT2D eigenvalue weighted by Gasteiger charge is -2.27. The third kappa shape index (κ3) is 30.4. The van der Waals surface area contributed by atoms with Crippen LogP contribution in [-0.4, -0.2) is 49.3 Å². The average molecular weight is 928 g/mol. The van der Waals surface area contributed by atoms with Crippen molar-refractivity contribution in [3.05, 3.63) is 37.3 Å². The minimum atomic E-state index is -0.343. The Kier molecular flexibility index (Phi) is 41.3. The van der Waals surface area contributed by atoms with E-state index in [0.717, 1.165) is 77.5 Å². The second-order valence-corrected chi connectivity index (χ2v) is 19.8. The molecule has 1 fully saturated rings. The molecule has 1 aliphatic rings. The summed E-state index contributed by atoms with van der Waals surface area (Å²) in [6, 6.07) is 0. The van der Waals surface area contributed by atoms with Gasteiger partial charge < -0.3 is 19.7 Å². The van der Waals surface area contributed by atoms with Crippen molar-refractivity contribution in [3.63, 3.8) is 0 Å². The molecule has 1 atom stereocenters. The van der Waals surface area contributed by atoms with E-state index in [1.54, 1.807) is 5.57 Å². The van der Waals surface area contributed by atoms with E-state index in [9.17, 15) is 14.4 Å². The molecule has 386 valence electrons. The summed E-state index contributed by atoms with van der Waals surface area (Å²) in [6.45, 7) is 18.9. The number of carbonyl (C=O) groups is 1. The first-order valence-electron chi connectivity index (χ1n) is 29.2. The van der Waals surface area contributed by atoms with Gasteiger partial charge in [0.1, 0.15) is 6.10 Å². The Morgan fingerprint density at radius 1 is 0.515 bits per heavy atom. The number of hydrogen-bond acceptors (Lipinski definition) is 7. The van der Waals surface area contributed by atoms with E-state index >= 15 is 0 Å². The summed E-state index contributed by atoms with van der Waals surface area (Å²) >= 11 is 0. The molecule has 0 spiro atoms. The fourth-order valence-corrected chi connectivity index (χ4v) is 9.56. The third-order valence-corrected chi connectivity index (χ3v) is 14.1. The minimum Gasteiger partial charge on any atom is -0.495 e. The fourth-order valence-electron chi connectivity index (χ4n) is 9.56. The SMILES string of the molecule is CC.CCCCCCCCC(CC)OC(=O)CCCCCCCN(CCCCCCCC(OC(CCCCCCCC)CCCCCCCC)=C1CCC1)CCCNc1c(CC)c(=O)c1=O. The predicted molar refractivity (Wildman–Crippen MR) is 287 cm³/mol. The van der Waals surface area contributed by atoms with Gasteiger partial charge in [-0.15, -0.1) is 0 Å². The molecule has 1 saturated carbocycles. The van der Waals surface area contributed by atoms with Crippen molar-refractivity contribution in [2.45, 2.75) is 311 Å². The predicted octanol–water partition coefficient (Wildman–Crippen LogP) is 17.1. The van der Waals surface area contributed by atoms with Crippen LogP contribution in [0.5, 0.6) is 0 Å². The number of nitrogens with zero attached hydrogens (tertiary/aromatic N) is 1. The highest BCUT2D eigenvalue weighted by atomic mass is 16.5. The number of rotatable bonds is 47. The third-order valence-electron chi connectivity index (χ3n) is 14.1. The number of nitrogens with one attached hydrogen (secondary N) is 1. The molecule has 1 N–H and O–H groups in total. The summed E-state index contributed by atoms with van der Waals surface area (Å²) in [5, 5.41) is 3.29. The van der Waals surface area contributed by atoms with Gasteiger partial charge in [0, 0.05) is 24.9 Å². The highest BCUT2D eigenvalue weighted by molar-refractivity contribution is 5.69. The lowest BCUT2D eigenvalue weighted by Crippen LogP contribution is -2.38. The Hall–Kier alpha value is -2.15. The second kappa shape index (κ2) is 44.1. The molecule has 0 aliphatic heterocycles. The number of esters is 1. The van der Waals surface area contributed by atoms with Crippen LogP contribution in [0.3, 0.4) is 0 Å². The van der Waals surface area contributed by atoms with Crippen LogP contribution in [0.4, 0.5) is 5.69 Å². The van der Waals surface area contributed by atoms with Crippen molar-refractivity contribution in [2.24, 2.45) is 0 Å². The van der Waals surface area contributed by atoms with Gasteiger partial charge in [-0.2, -0.15) is 0 Å². The van der Waals surface area contributed by atoms with Crippen molar-refractivity contribution in [1.29, 1.82) is 0 Å². The van der Waals surface area contributed by atoms with Crippen molar-refractivity contribution in [2.75, 3.05) is 31.5 Å². The number of allylic oxidation sites excluding steroid dienone is 2. The minimum absolute atomic E-state index is 0.0113. The van der Waals surface area contributed by atoms with Crippen molar-refractivity contribution in [3.8, 4) is 0 Å². The van der Waals surface area contributed by atoms with Crippen LogP contribution in [-0.2, 0) is 20.7 Å². The topological polar surface area (TPSA) is 84.9 Å². The first kappa shape index (κ1) is 61.9. The molecule has 0 aromatic heterocycles. The van der Waals surface area contributed by atoms with Gasteiger partial charge in [0.2, 0.25) is 10.9 Å². The smallest absolute Gasteiger partial charge is 0.306 e. The Labute approximate surface area is 409 Å². The number of unbranched alkanes of at least 4 members (excludes halogenated alkanes) is 23. The molecule has 1 aromatic carbocycles. The van der Waals surface area contributed by atoms with Crippen LogP contribution in [0.2, 0.25) is 0 Å². The van der Waals surface area contributed by atoms with E-state index in [4.69, 9.17) is 9.47 Å². The van der Waals surface area contributed by atoms with Gasteiger partial charge in [-0.3, -0.25) is 14.4 Å². The Bertz CT molecular complexity index is 1340. The number of hydrogen-bond donors (Lipinski definition) is 1. The molecule has 0 radical (unpaired) electrons. The lowest BCUT2D eigenvalue weighted by atomic mass is 9.89. The molecule has 1 aliphatic carbocycles. The zero-order valence-corrected chi connectivity index (χ0v) is 45.0. The van der Waals surface area contributed by atoms with Gasteiger partial charge in [-0.25, -0.2) is 0 Å². The van der Waals surface area contributed by atoms with E-state index < -0.39 is 0 Å². The largest absolute Gasteiger partial charge is 0.495 e. The van der Waals surface area contributed by atoms with Gasteiger partial charge >= 0.3 is 5.97 Å². The van der Waals surface area contributed by atoms with Crippen LogP contribution >= 0.6 is 0 Å². The zero-order chi connectivity index (χ0) is 48.3. The molecule has 7 heteroatoms. The normalized spacial score (nSPS) is 13.0. The van der Waals surface area contributed by atoms with Crippen LogP contribution in [0, 0.1) is 0 Å². The lowest BCUT2D eigenvalue weighted by molar-refractivity contribution is -0.149. The van der Waals surface area contributed by atoms with Crippen LogP contribution in [0.25, 0.3) is 0 Å². The maximum absolute atomic E-state index is 12.6. The number of ether oxygens (including phenoxy) is 2. The first-order valence-corrected chi connectivity index (χ1v) is 29.2. The van der Waals surface area contributed by atoms with Crippen molar-refractivity contribution >= 4 is 11.7 Å². The summed E-state index contributed by atoms with van der Waals surface area (Å²) in [5.74, 6) is 1.37. The van der Waals surface area contributed by atoms with Gasteiger partial charge in [-0.05, 0) is 128 Å². The molecule has 0 bridgehead atoms. The quantitative estimate of drug-likeness (QED) is 0.0302. The number of carbonyl (C=O) groups excluding carboxylic acids is 1. The van der Waals surface area contributed by atoms with Gasteiger partial charge in [-0.1, -0.05) is 183 Å². The Morgan fingerprint density at radius 2 is 0.955 bits per heavy atom. The summed E-state index contributed by atoms with van der Waals surface area (Å²) in [7, 11) is 0. The molecule has 0 amide bonds. The Morgan fingerprint density at radius 3 is 1.42 bits per heavy atom. The summed E-state index contributed by atoms with van der Waals surface area (Å²) in [4.78, 5) is 39.2. The van der Waals surface area contributed by atoms with Crippen molar-refractivity contribution < 1.29 is 14.3 Å². The van der Waals surface area contributed by atoms with E-state index in [1.807, 2.05) is 20.8 Å². The molecule has 1 unspecified atom stereocenters. The average Bonchev–Trinajstić information content (AvgIpc) is 3.31. The highest BCUT2D eigenvalue weighted by Crippen LogP contribution is 2.34. The summed E-state index contributed by atoms with van der Waals surface area (Å²) in [5.41, 5.74) is 2.19. The standard InChI is InChI=1S/C57H104N2O5.C2H6/c1-6-11-14-17-22-29-40-50(9-4)64-54(60)44-33-26-21-28-35-47-59(48-37-45-58-55-52(10-5)56(61)57(55)62)46-34-27-20-25-32-43-53(49-38-36-39-49)63-51(41-30-23-18-15-12-7-2)42-31-24-19-16-13-8-3;1-2/h50-51,58H,6-48H2,1-5H3;1-2H3. The molecular weight excluding hydrogens is 817 g/mol. The summed E-state index contributed by atoms with van der Waals surface area (Å²) in [6.07, 6.45) is 47.6. The first-order chi connectivity index (χ1) is 32.4. The van der Waals surface area contributed by atoms with Gasteiger partial charge in [0.05, 0.1) is 17.6 Å². The maximum atomic E-state index is 12.6. The molecule has 0 heterocycles. The van der Waals surface area contributed by atoms with Crippen molar-refractivity contribution in [1.82, 2.24) is 4.90 Å². The Balaban J connectivity index is 0.0000107.